The van der Waals surface area contributed by atoms with E-state index >= 15 is 0 Å². The molecule has 1 N–H and O–H groups in total. The lowest BCUT2D eigenvalue weighted by Gasteiger charge is -2.25. The third-order valence-corrected chi connectivity index (χ3v) is 5.24. The van der Waals surface area contributed by atoms with Crippen LogP contribution in [0.4, 0.5) is 0 Å². The van der Waals surface area contributed by atoms with Gasteiger partial charge in [-0.1, -0.05) is 33.8 Å². The average molecular weight is 396 g/mol. The number of ketones is 1. The van der Waals surface area contributed by atoms with Crippen LogP contribution >= 0.6 is 0 Å². The van der Waals surface area contributed by atoms with Crippen molar-refractivity contribution in [3.63, 3.8) is 0 Å². The molecule has 0 amide bonds. The van der Waals surface area contributed by atoms with Crippen LogP contribution in [-0.2, 0) is 18.4 Å². The van der Waals surface area contributed by atoms with E-state index in [9.17, 15) is 4.79 Å². The minimum Gasteiger partial charge on any atom is -0.493 e. The molecule has 0 saturated heterocycles. The Morgan fingerprint density at radius 2 is 1.93 bits per heavy atom. The molecular weight excluding hydrogens is 366 g/mol. The van der Waals surface area contributed by atoms with Gasteiger partial charge in [0.25, 0.3) is 0 Å². The highest BCUT2D eigenvalue weighted by atomic mass is 16.5. The average Bonchev–Trinajstić information content (AvgIpc) is 3.00. The standard InChI is InChI=1S/C23H29N3O3/c1-7-16-9-8-14-12-26(22(24)20(14)25-16)13-18(27)15-10-17(23(2,3)4)21(29-6)19(11-15)28-5/h8-11,24H,7,12-13H2,1-6H3. The molecule has 1 aromatic carbocycles. The second kappa shape index (κ2) is 7.85. The van der Waals surface area contributed by atoms with E-state index in [1.807, 2.05) is 25.1 Å². The maximum atomic E-state index is 13.1. The first-order valence-corrected chi connectivity index (χ1v) is 9.82. The number of hydrogen-bond acceptors (Lipinski definition) is 5. The second-order valence-electron chi connectivity index (χ2n) is 8.30. The predicted molar refractivity (Wildman–Crippen MR) is 113 cm³/mol. The molecule has 0 atom stereocenters. The molecule has 2 aromatic rings. The molecule has 0 aliphatic carbocycles. The quantitative estimate of drug-likeness (QED) is 0.749. The number of rotatable bonds is 6. The van der Waals surface area contributed by atoms with Crippen molar-refractivity contribution >= 4 is 11.6 Å². The fourth-order valence-corrected chi connectivity index (χ4v) is 3.57. The van der Waals surface area contributed by atoms with Crippen molar-refractivity contribution in [2.75, 3.05) is 20.8 Å². The maximum Gasteiger partial charge on any atom is 0.182 e. The van der Waals surface area contributed by atoms with E-state index in [-0.39, 0.29) is 17.7 Å². The number of hydrogen-bond donors (Lipinski definition) is 1. The van der Waals surface area contributed by atoms with Crippen LogP contribution in [0.3, 0.4) is 0 Å². The van der Waals surface area contributed by atoms with Gasteiger partial charge in [0.1, 0.15) is 11.5 Å². The van der Waals surface area contributed by atoms with Gasteiger partial charge >= 0.3 is 0 Å². The van der Waals surface area contributed by atoms with Gasteiger partial charge in [-0.25, -0.2) is 4.98 Å². The Balaban J connectivity index is 1.89. The Bertz CT molecular complexity index is 961. The van der Waals surface area contributed by atoms with Gasteiger partial charge in [-0.2, -0.15) is 0 Å². The molecule has 0 bridgehead atoms. The van der Waals surface area contributed by atoms with E-state index < -0.39 is 0 Å². The number of Topliss-reactive ketones (excluding diaryl/α,β-unsaturated/α-hetero) is 1. The Labute approximate surface area is 172 Å². The van der Waals surface area contributed by atoms with Gasteiger partial charge in [-0.3, -0.25) is 10.2 Å². The molecule has 0 saturated carbocycles. The molecule has 2 heterocycles. The smallest absolute Gasteiger partial charge is 0.182 e. The summed E-state index contributed by atoms with van der Waals surface area (Å²) in [6.07, 6.45) is 0.820. The Morgan fingerprint density at radius 1 is 1.21 bits per heavy atom. The summed E-state index contributed by atoms with van der Waals surface area (Å²) in [4.78, 5) is 19.4. The molecule has 0 radical (unpaired) electrons. The maximum absolute atomic E-state index is 13.1. The lowest BCUT2D eigenvalue weighted by atomic mass is 9.84. The number of pyridine rings is 1. The van der Waals surface area contributed by atoms with E-state index in [0.717, 1.165) is 23.2 Å². The second-order valence-corrected chi connectivity index (χ2v) is 8.30. The van der Waals surface area contributed by atoms with Crippen LogP contribution in [-0.4, -0.2) is 42.3 Å². The summed E-state index contributed by atoms with van der Waals surface area (Å²) >= 11 is 0. The van der Waals surface area contributed by atoms with Crippen LogP contribution in [0.15, 0.2) is 24.3 Å². The van der Waals surface area contributed by atoms with Crippen LogP contribution in [0.2, 0.25) is 0 Å². The van der Waals surface area contributed by atoms with E-state index in [1.54, 1.807) is 25.2 Å². The first-order valence-electron chi connectivity index (χ1n) is 9.82. The number of aryl methyl sites for hydroxylation is 1. The number of methoxy groups -OCH3 is 2. The summed E-state index contributed by atoms with van der Waals surface area (Å²) in [6.45, 7) is 8.90. The molecule has 154 valence electrons. The van der Waals surface area contributed by atoms with E-state index in [4.69, 9.17) is 14.9 Å². The van der Waals surface area contributed by atoms with Crippen molar-refractivity contribution in [2.24, 2.45) is 0 Å². The van der Waals surface area contributed by atoms with Gasteiger partial charge < -0.3 is 14.4 Å². The number of fused-ring (bicyclic) bond motifs is 1. The number of aromatic nitrogens is 1. The summed E-state index contributed by atoms with van der Waals surface area (Å²) in [5.41, 5.74) is 3.88. The van der Waals surface area contributed by atoms with Gasteiger partial charge in [0, 0.05) is 28.9 Å². The van der Waals surface area contributed by atoms with Gasteiger partial charge in [-0.05, 0) is 30.0 Å². The number of ether oxygens (including phenoxy) is 2. The lowest BCUT2D eigenvalue weighted by molar-refractivity contribution is 0.0962. The number of benzene rings is 1. The summed E-state index contributed by atoms with van der Waals surface area (Å²) in [6, 6.07) is 7.59. The van der Waals surface area contributed by atoms with Crippen LogP contribution in [0.1, 0.15) is 60.6 Å². The SMILES string of the molecule is CCc1ccc2c(n1)C(=N)N(CC(=O)c1cc(OC)c(OC)c(C(C)(C)C)c1)C2. The highest BCUT2D eigenvalue weighted by Crippen LogP contribution is 2.39. The Hall–Kier alpha value is -2.89. The zero-order chi connectivity index (χ0) is 21.3. The highest BCUT2D eigenvalue weighted by Gasteiger charge is 2.29. The molecule has 1 aromatic heterocycles. The fourth-order valence-electron chi connectivity index (χ4n) is 3.57. The fraction of sp³-hybridized carbons (Fsp3) is 0.435. The first-order chi connectivity index (χ1) is 13.7. The number of amidine groups is 1. The number of nitrogens with zero attached hydrogens (tertiary/aromatic N) is 2. The minimum atomic E-state index is -0.216. The molecule has 29 heavy (non-hydrogen) atoms. The van der Waals surface area contributed by atoms with Gasteiger partial charge in [-0.15, -0.1) is 0 Å². The van der Waals surface area contributed by atoms with Crippen LogP contribution in [0.5, 0.6) is 11.5 Å². The van der Waals surface area contributed by atoms with Gasteiger partial charge in [0.2, 0.25) is 0 Å². The Morgan fingerprint density at radius 3 is 2.52 bits per heavy atom. The number of carbonyl (C=O) groups is 1. The van der Waals surface area contributed by atoms with Gasteiger partial charge in [0.15, 0.2) is 17.3 Å². The molecule has 1 aliphatic heterocycles. The zero-order valence-corrected chi connectivity index (χ0v) is 18.0. The molecule has 0 unspecified atom stereocenters. The molecular formula is C23H29N3O3. The van der Waals surface area contributed by atoms with Crippen molar-refractivity contribution < 1.29 is 14.3 Å². The van der Waals surface area contributed by atoms with Crippen LogP contribution < -0.4 is 9.47 Å². The number of carbonyl (C=O) groups excluding carboxylic acids is 1. The minimum absolute atomic E-state index is 0.0651. The third-order valence-electron chi connectivity index (χ3n) is 5.24. The molecule has 6 heteroatoms. The largest absolute Gasteiger partial charge is 0.493 e. The summed E-state index contributed by atoms with van der Waals surface area (Å²) in [5.74, 6) is 1.43. The van der Waals surface area contributed by atoms with E-state index in [1.165, 1.54) is 0 Å². The summed E-state index contributed by atoms with van der Waals surface area (Å²) in [5, 5.41) is 8.47. The normalized spacial score (nSPS) is 13.4. The monoisotopic (exact) mass is 395 g/mol. The summed E-state index contributed by atoms with van der Waals surface area (Å²) in [7, 11) is 3.18. The predicted octanol–water partition coefficient (Wildman–Crippen LogP) is 3.98. The zero-order valence-electron chi connectivity index (χ0n) is 18.0. The first kappa shape index (κ1) is 20.8. The van der Waals surface area contributed by atoms with Gasteiger partial charge in [0.05, 0.1) is 20.8 Å². The van der Waals surface area contributed by atoms with Crippen LogP contribution in [0.25, 0.3) is 0 Å². The van der Waals surface area contributed by atoms with Crippen molar-refractivity contribution in [3.8, 4) is 11.5 Å². The van der Waals surface area contributed by atoms with Crippen molar-refractivity contribution in [2.45, 2.75) is 46.1 Å². The van der Waals surface area contributed by atoms with E-state index in [2.05, 4.69) is 25.8 Å². The van der Waals surface area contributed by atoms with Crippen molar-refractivity contribution in [1.82, 2.24) is 9.88 Å². The molecule has 0 fully saturated rings. The van der Waals surface area contributed by atoms with Crippen molar-refractivity contribution in [1.29, 1.82) is 5.41 Å². The lowest BCUT2D eigenvalue weighted by Crippen LogP contribution is -2.30. The number of nitrogens with one attached hydrogen (secondary N) is 1. The Kier molecular flexibility index (Phi) is 5.64. The summed E-state index contributed by atoms with van der Waals surface area (Å²) < 4.78 is 11.0. The molecule has 1 aliphatic rings. The van der Waals surface area contributed by atoms with E-state index in [0.29, 0.717) is 35.1 Å². The topological polar surface area (TPSA) is 75.5 Å². The molecule has 3 rings (SSSR count). The van der Waals surface area contributed by atoms with Crippen molar-refractivity contribution in [3.05, 3.63) is 52.3 Å². The highest BCUT2D eigenvalue weighted by molar-refractivity contribution is 6.04. The molecule has 6 nitrogen and oxygen atoms in total. The third kappa shape index (κ3) is 3.97. The van der Waals surface area contributed by atoms with Crippen LogP contribution in [0, 0.1) is 5.41 Å². The molecule has 0 spiro atoms.